The van der Waals surface area contributed by atoms with Gasteiger partial charge in [-0.3, -0.25) is 4.79 Å². The van der Waals surface area contributed by atoms with Crippen molar-refractivity contribution in [2.75, 3.05) is 18.0 Å². The standard InChI is InChI=1S/C12H15FN2OS/c13-10-5-9(3-4-11(10)14)17-7-12(16)15-6-8-1-2-8/h3-5,8H,1-2,6-7,14H2,(H,15,16). The van der Waals surface area contributed by atoms with Gasteiger partial charge in [0.2, 0.25) is 5.91 Å². The summed E-state index contributed by atoms with van der Waals surface area (Å²) in [4.78, 5) is 12.2. The molecule has 0 aromatic heterocycles. The van der Waals surface area contributed by atoms with Gasteiger partial charge in [-0.1, -0.05) is 0 Å². The average molecular weight is 254 g/mol. The minimum atomic E-state index is -0.437. The van der Waals surface area contributed by atoms with Crippen molar-refractivity contribution in [3.8, 4) is 0 Å². The first kappa shape index (κ1) is 12.2. The predicted octanol–water partition coefficient (Wildman–Crippen LogP) is 2.03. The number of amides is 1. The van der Waals surface area contributed by atoms with Crippen LogP contribution in [-0.2, 0) is 4.79 Å². The summed E-state index contributed by atoms with van der Waals surface area (Å²) in [5, 5.41) is 2.86. The average Bonchev–Trinajstić information content (AvgIpc) is 3.12. The summed E-state index contributed by atoms with van der Waals surface area (Å²) in [7, 11) is 0. The number of thioether (sulfide) groups is 1. The van der Waals surface area contributed by atoms with Gasteiger partial charge in [-0.2, -0.15) is 0 Å². The lowest BCUT2D eigenvalue weighted by Gasteiger charge is -2.04. The maximum atomic E-state index is 13.1. The molecule has 0 heterocycles. The summed E-state index contributed by atoms with van der Waals surface area (Å²) in [6, 6.07) is 4.59. The van der Waals surface area contributed by atoms with E-state index in [2.05, 4.69) is 5.32 Å². The molecular formula is C12H15FN2OS. The molecule has 5 heteroatoms. The fourth-order valence-electron chi connectivity index (χ4n) is 1.38. The number of carbonyl (C=O) groups is 1. The van der Waals surface area contributed by atoms with E-state index in [1.54, 1.807) is 6.07 Å². The monoisotopic (exact) mass is 254 g/mol. The highest BCUT2D eigenvalue weighted by molar-refractivity contribution is 8.00. The van der Waals surface area contributed by atoms with Crippen molar-refractivity contribution in [2.45, 2.75) is 17.7 Å². The van der Waals surface area contributed by atoms with E-state index < -0.39 is 5.82 Å². The molecule has 1 saturated carbocycles. The topological polar surface area (TPSA) is 55.1 Å². The van der Waals surface area contributed by atoms with Crippen molar-refractivity contribution in [2.24, 2.45) is 5.92 Å². The van der Waals surface area contributed by atoms with Gasteiger partial charge in [-0.15, -0.1) is 11.8 Å². The van der Waals surface area contributed by atoms with E-state index in [4.69, 9.17) is 5.73 Å². The van der Waals surface area contributed by atoms with E-state index in [0.29, 0.717) is 11.7 Å². The maximum absolute atomic E-state index is 13.1. The largest absolute Gasteiger partial charge is 0.396 e. The third-order valence-corrected chi connectivity index (χ3v) is 3.62. The molecule has 0 radical (unpaired) electrons. The van der Waals surface area contributed by atoms with E-state index in [9.17, 15) is 9.18 Å². The Morgan fingerprint density at radius 1 is 1.53 bits per heavy atom. The fourth-order valence-corrected chi connectivity index (χ4v) is 2.13. The van der Waals surface area contributed by atoms with Gasteiger partial charge in [0.1, 0.15) is 5.82 Å². The molecule has 2 rings (SSSR count). The Bertz CT molecular complexity index is 421. The smallest absolute Gasteiger partial charge is 0.230 e. The van der Waals surface area contributed by atoms with Crippen LogP contribution in [0.2, 0.25) is 0 Å². The van der Waals surface area contributed by atoms with Gasteiger partial charge < -0.3 is 11.1 Å². The molecule has 0 spiro atoms. The second kappa shape index (κ2) is 5.40. The Balaban J connectivity index is 1.75. The Labute approximate surface area is 104 Å². The van der Waals surface area contributed by atoms with Crippen LogP contribution in [-0.4, -0.2) is 18.2 Å². The number of anilines is 1. The molecule has 3 N–H and O–H groups in total. The molecule has 92 valence electrons. The van der Waals surface area contributed by atoms with Gasteiger partial charge in [0.05, 0.1) is 11.4 Å². The van der Waals surface area contributed by atoms with Crippen molar-refractivity contribution in [3.63, 3.8) is 0 Å². The van der Waals surface area contributed by atoms with Crippen molar-refractivity contribution in [1.29, 1.82) is 0 Å². The summed E-state index contributed by atoms with van der Waals surface area (Å²) in [6.45, 7) is 0.773. The molecule has 1 aliphatic rings. The second-order valence-electron chi connectivity index (χ2n) is 4.22. The number of halogens is 1. The third kappa shape index (κ3) is 3.93. The molecule has 17 heavy (non-hydrogen) atoms. The summed E-state index contributed by atoms with van der Waals surface area (Å²) < 4.78 is 13.1. The zero-order valence-corrected chi connectivity index (χ0v) is 10.2. The fraction of sp³-hybridized carbons (Fsp3) is 0.417. The van der Waals surface area contributed by atoms with Gasteiger partial charge in [0, 0.05) is 11.4 Å². The molecule has 1 aliphatic carbocycles. The lowest BCUT2D eigenvalue weighted by atomic mass is 10.3. The molecule has 3 nitrogen and oxygen atoms in total. The first-order chi connectivity index (χ1) is 8.15. The van der Waals surface area contributed by atoms with Crippen molar-refractivity contribution < 1.29 is 9.18 Å². The number of nitrogens with two attached hydrogens (primary N) is 1. The number of nitrogens with one attached hydrogen (secondary N) is 1. The van der Waals surface area contributed by atoms with Crippen LogP contribution in [0.5, 0.6) is 0 Å². The van der Waals surface area contributed by atoms with Crippen LogP contribution in [0.25, 0.3) is 0 Å². The summed E-state index contributed by atoms with van der Waals surface area (Å²) in [6.07, 6.45) is 2.44. The molecule has 1 fully saturated rings. The van der Waals surface area contributed by atoms with Gasteiger partial charge in [0.25, 0.3) is 0 Å². The number of rotatable bonds is 5. The highest BCUT2D eigenvalue weighted by atomic mass is 32.2. The van der Waals surface area contributed by atoms with E-state index in [1.807, 2.05) is 0 Å². The van der Waals surface area contributed by atoms with E-state index in [-0.39, 0.29) is 11.6 Å². The SMILES string of the molecule is Nc1ccc(SCC(=O)NCC2CC2)cc1F. The van der Waals surface area contributed by atoms with Crippen LogP contribution in [0.3, 0.4) is 0 Å². The van der Waals surface area contributed by atoms with Gasteiger partial charge in [-0.05, 0) is 37.0 Å². The predicted molar refractivity (Wildman–Crippen MR) is 67.3 cm³/mol. The van der Waals surface area contributed by atoms with Crippen LogP contribution < -0.4 is 11.1 Å². The molecule has 0 bridgehead atoms. The van der Waals surface area contributed by atoms with Gasteiger partial charge >= 0.3 is 0 Å². The maximum Gasteiger partial charge on any atom is 0.230 e. The molecule has 1 aromatic carbocycles. The Morgan fingerprint density at radius 3 is 2.94 bits per heavy atom. The molecule has 1 amide bonds. The van der Waals surface area contributed by atoms with E-state index in [0.717, 1.165) is 11.4 Å². The Morgan fingerprint density at radius 2 is 2.29 bits per heavy atom. The van der Waals surface area contributed by atoms with Crippen molar-refractivity contribution >= 4 is 23.4 Å². The van der Waals surface area contributed by atoms with E-state index >= 15 is 0 Å². The van der Waals surface area contributed by atoms with Crippen LogP contribution in [0, 0.1) is 11.7 Å². The number of benzene rings is 1. The molecule has 0 unspecified atom stereocenters. The third-order valence-electron chi connectivity index (χ3n) is 2.63. The first-order valence-electron chi connectivity index (χ1n) is 5.59. The zero-order valence-electron chi connectivity index (χ0n) is 9.41. The lowest BCUT2D eigenvalue weighted by molar-refractivity contribution is -0.118. The minimum Gasteiger partial charge on any atom is -0.396 e. The lowest BCUT2D eigenvalue weighted by Crippen LogP contribution is -2.27. The van der Waals surface area contributed by atoms with Crippen LogP contribution in [0.4, 0.5) is 10.1 Å². The first-order valence-corrected chi connectivity index (χ1v) is 6.58. The Hall–Kier alpha value is -1.23. The summed E-state index contributed by atoms with van der Waals surface area (Å²) >= 11 is 1.32. The van der Waals surface area contributed by atoms with Crippen LogP contribution in [0.15, 0.2) is 23.1 Å². The highest BCUT2D eigenvalue weighted by Gasteiger charge is 2.21. The van der Waals surface area contributed by atoms with Gasteiger partial charge in [-0.25, -0.2) is 4.39 Å². The molecule has 0 atom stereocenters. The number of hydrogen-bond donors (Lipinski definition) is 2. The van der Waals surface area contributed by atoms with Crippen LogP contribution in [0.1, 0.15) is 12.8 Å². The normalized spacial score (nSPS) is 14.6. The quantitative estimate of drug-likeness (QED) is 0.624. The Kier molecular flexibility index (Phi) is 3.89. The highest BCUT2D eigenvalue weighted by Crippen LogP contribution is 2.27. The summed E-state index contributed by atoms with van der Waals surface area (Å²) in [5.74, 6) is 0.557. The minimum absolute atomic E-state index is 0.000803. The van der Waals surface area contributed by atoms with E-state index in [1.165, 1.54) is 36.7 Å². The molecular weight excluding hydrogens is 239 g/mol. The van der Waals surface area contributed by atoms with Crippen molar-refractivity contribution in [1.82, 2.24) is 5.32 Å². The van der Waals surface area contributed by atoms with Gasteiger partial charge in [0.15, 0.2) is 0 Å². The van der Waals surface area contributed by atoms with Crippen LogP contribution >= 0.6 is 11.8 Å². The summed E-state index contributed by atoms with van der Waals surface area (Å²) in [5.41, 5.74) is 5.50. The second-order valence-corrected chi connectivity index (χ2v) is 5.27. The molecule has 1 aromatic rings. The number of hydrogen-bond acceptors (Lipinski definition) is 3. The zero-order chi connectivity index (χ0) is 12.3. The van der Waals surface area contributed by atoms with Crippen molar-refractivity contribution in [3.05, 3.63) is 24.0 Å². The number of nitrogen functional groups attached to an aromatic ring is 1. The molecule has 0 aliphatic heterocycles. The number of carbonyl (C=O) groups excluding carboxylic acids is 1. The molecule has 0 saturated heterocycles.